The van der Waals surface area contributed by atoms with Crippen molar-refractivity contribution in [2.24, 2.45) is 0 Å². The van der Waals surface area contributed by atoms with Crippen LogP contribution in [0, 0.1) is 0 Å². The molecule has 152 valence electrons. The summed E-state index contributed by atoms with van der Waals surface area (Å²) in [5.74, 6) is -0.237. The molecule has 2 aromatic rings. The van der Waals surface area contributed by atoms with Crippen molar-refractivity contribution in [2.45, 2.75) is 45.1 Å². The lowest BCUT2D eigenvalue weighted by Gasteiger charge is -2.21. The first-order valence-electron chi connectivity index (χ1n) is 9.59. The lowest BCUT2D eigenvalue weighted by molar-refractivity contribution is 0.102. The Morgan fingerprint density at radius 3 is 2.04 bits per heavy atom. The van der Waals surface area contributed by atoms with Crippen molar-refractivity contribution >= 4 is 27.3 Å². The van der Waals surface area contributed by atoms with E-state index < -0.39 is 10.0 Å². The Morgan fingerprint density at radius 1 is 0.964 bits per heavy atom. The van der Waals surface area contributed by atoms with E-state index in [2.05, 4.69) is 28.8 Å². The van der Waals surface area contributed by atoms with Crippen molar-refractivity contribution in [3.8, 4) is 0 Å². The van der Waals surface area contributed by atoms with Gasteiger partial charge in [0.1, 0.15) is 0 Å². The van der Waals surface area contributed by atoms with E-state index in [1.807, 2.05) is 26.0 Å². The molecule has 7 heteroatoms. The van der Waals surface area contributed by atoms with Crippen LogP contribution in [0.25, 0.3) is 0 Å². The number of sulfonamides is 1. The number of nitrogens with one attached hydrogen (secondary N) is 2. The molecule has 0 aromatic heterocycles. The third kappa shape index (κ3) is 5.56. The minimum Gasteiger partial charge on any atom is -0.372 e. The fraction of sp³-hybridized carbons (Fsp3) is 0.381. The average molecular weight is 404 g/mol. The van der Waals surface area contributed by atoms with Gasteiger partial charge >= 0.3 is 0 Å². The van der Waals surface area contributed by atoms with E-state index in [-0.39, 0.29) is 16.8 Å². The van der Waals surface area contributed by atoms with Crippen molar-refractivity contribution in [1.29, 1.82) is 0 Å². The minimum atomic E-state index is -3.55. The molecule has 2 aromatic carbocycles. The standard InChI is InChI=1S/C21H29N3O3S/c1-5-16(4)23-28(26,27)20-14-10-18(11-15-20)22-21(25)17-8-12-19(13-9-17)24(6-2)7-3/h8-16,23H,5-7H2,1-4H3,(H,22,25). The summed E-state index contributed by atoms with van der Waals surface area (Å²) in [6.07, 6.45) is 0.709. The molecule has 0 saturated heterocycles. The zero-order valence-corrected chi connectivity index (χ0v) is 17.7. The van der Waals surface area contributed by atoms with Crippen LogP contribution in [0.4, 0.5) is 11.4 Å². The van der Waals surface area contributed by atoms with E-state index >= 15 is 0 Å². The van der Waals surface area contributed by atoms with Crippen LogP contribution < -0.4 is 14.9 Å². The van der Waals surface area contributed by atoms with Crippen LogP contribution in [-0.2, 0) is 10.0 Å². The number of benzene rings is 2. The molecule has 0 aliphatic heterocycles. The molecule has 6 nitrogen and oxygen atoms in total. The normalized spacial score (nSPS) is 12.4. The Morgan fingerprint density at radius 2 is 1.54 bits per heavy atom. The van der Waals surface area contributed by atoms with Gasteiger partial charge in [0.25, 0.3) is 5.91 Å². The topological polar surface area (TPSA) is 78.5 Å². The number of carbonyl (C=O) groups is 1. The smallest absolute Gasteiger partial charge is 0.255 e. The van der Waals surface area contributed by atoms with Crippen LogP contribution in [0.5, 0.6) is 0 Å². The van der Waals surface area contributed by atoms with Gasteiger partial charge in [-0.3, -0.25) is 4.79 Å². The summed E-state index contributed by atoms with van der Waals surface area (Å²) in [6, 6.07) is 13.5. The molecular formula is C21H29N3O3S. The van der Waals surface area contributed by atoms with E-state index in [4.69, 9.17) is 0 Å². The van der Waals surface area contributed by atoms with E-state index in [9.17, 15) is 13.2 Å². The molecule has 1 amide bonds. The largest absolute Gasteiger partial charge is 0.372 e. The Bertz CT molecular complexity index is 874. The summed E-state index contributed by atoms with van der Waals surface area (Å²) in [7, 11) is -3.55. The molecule has 0 spiro atoms. The van der Waals surface area contributed by atoms with Crippen molar-refractivity contribution in [1.82, 2.24) is 4.72 Å². The number of anilines is 2. The number of hydrogen-bond donors (Lipinski definition) is 2. The van der Waals surface area contributed by atoms with Crippen molar-refractivity contribution in [2.75, 3.05) is 23.3 Å². The molecule has 0 aliphatic rings. The summed E-state index contributed by atoms with van der Waals surface area (Å²) in [5, 5.41) is 2.80. The quantitative estimate of drug-likeness (QED) is 0.666. The maximum Gasteiger partial charge on any atom is 0.255 e. The molecule has 2 rings (SSSR count). The van der Waals surface area contributed by atoms with E-state index in [0.29, 0.717) is 17.7 Å². The van der Waals surface area contributed by atoms with Crippen LogP contribution in [-0.4, -0.2) is 33.5 Å². The highest BCUT2D eigenvalue weighted by atomic mass is 32.2. The van der Waals surface area contributed by atoms with Gasteiger partial charge in [-0.2, -0.15) is 0 Å². The Kier molecular flexibility index (Phi) is 7.60. The third-order valence-electron chi connectivity index (χ3n) is 4.65. The SMILES string of the molecule is CCC(C)NS(=O)(=O)c1ccc(NC(=O)c2ccc(N(CC)CC)cc2)cc1. The van der Waals surface area contributed by atoms with Crippen molar-refractivity contribution in [3.63, 3.8) is 0 Å². The van der Waals surface area contributed by atoms with Gasteiger partial charge in [-0.25, -0.2) is 13.1 Å². The monoisotopic (exact) mass is 403 g/mol. The maximum absolute atomic E-state index is 12.4. The van der Waals surface area contributed by atoms with Gasteiger partial charge < -0.3 is 10.2 Å². The second-order valence-corrected chi connectivity index (χ2v) is 8.34. The van der Waals surface area contributed by atoms with Gasteiger partial charge in [-0.05, 0) is 75.7 Å². The van der Waals surface area contributed by atoms with Crippen LogP contribution in [0.1, 0.15) is 44.5 Å². The molecule has 0 aliphatic carbocycles. The van der Waals surface area contributed by atoms with Crippen LogP contribution in [0.3, 0.4) is 0 Å². The molecule has 2 N–H and O–H groups in total. The molecule has 28 heavy (non-hydrogen) atoms. The number of amides is 1. The highest BCUT2D eigenvalue weighted by Gasteiger charge is 2.16. The average Bonchev–Trinajstić information content (AvgIpc) is 2.69. The predicted molar refractivity (Wildman–Crippen MR) is 114 cm³/mol. The van der Waals surface area contributed by atoms with Crippen LogP contribution >= 0.6 is 0 Å². The third-order valence-corrected chi connectivity index (χ3v) is 6.25. The van der Waals surface area contributed by atoms with Gasteiger partial charge in [0.15, 0.2) is 0 Å². The van der Waals surface area contributed by atoms with Gasteiger partial charge in [0.2, 0.25) is 10.0 Å². The molecule has 0 bridgehead atoms. The maximum atomic E-state index is 12.4. The van der Waals surface area contributed by atoms with E-state index in [1.165, 1.54) is 12.1 Å². The van der Waals surface area contributed by atoms with E-state index in [1.54, 1.807) is 24.3 Å². The Labute approximate surface area is 168 Å². The fourth-order valence-corrected chi connectivity index (χ4v) is 4.08. The number of nitrogens with zero attached hydrogens (tertiary/aromatic N) is 1. The first-order valence-corrected chi connectivity index (χ1v) is 11.1. The highest BCUT2D eigenvalue weighted by molar-refractivity contribution is 7.89. The lowest BCUT2D eigenvalue weighted by atomic mass is 10.1. The van der Waals surface area contributed by atoms with Gasteiger partial charge in [-0.1, -0.05) is 6.92 Å². The summed E-state index contributed by atoms with van der Waals surface area (Å²) in [4.78, 5) is 14.8. The van der Waals surface area contributed by atoms with Crippen LogP contribution in [0.2, 0.25) is 0 Å². The summed E-state index contributed by atoms with van der Waals surface area (Å²) in [5.41, 5.74) is 2.16. The fourth-order valence-electron chi connectivity index (χ4n) is 2.75. The highest BCUT2D eigenvalue weighted by Crippen LogP contribution is 2.18. The summed E-state index contributed by atoms with van der Waals surface area (Å²) >= 11 is 0. The number of hydrogen-bond acceptors (Lipinski definition) is 4. The Balaban J connectivity index is 2.06. The van der Waals surface area contributed by atoms with E-state index in [0.717, 1.165) is 18.8 Å². The number of rotatable bonds is 9. The molecule has 1 unspecified atom stereocenters. The minimum absolute atomic E-state index is 0.135. The van der Waals surface area contributed by atoms with Crippen molar-refractivity contribution < 1.29 is 13.2 Å². The van der Waals surface area contributed by atoms with Gasteiger partial charge in [-0.15, -0.1) is 0 Å². The molecule has 0 heterocycles. The Hall–Kier alpha value is -2.38. The number of carbonyl (C=O) groups excluding carboxylic acids is 1. The molecule has 0 radical (unpaired) electrons. The zero-order valence-electron chi connectivity index (χ0n) is 16.9. The van der Waals surface area contributed by atoms with Gasteiger partial charge in [0, 0.05) is 36.1 Å². The molecule has 0 saturated carbocycles. The van der Waals surface area contributed by atoms with Crippen LogP contribution in [0.15, 0.2) is 53.4 Å². The van der Waals surface area contributed by atoms with Gasteiger partial charge in [0.05, 0.1) is 4.90 Å². The lowest BCUT2D eigenvalue weighted by Crippen LogP contribution is -2.31. The molecule has 0 fully saturated rings. The molecule has 1 atom stereocenters. The van der Waals surface area contributed by atoms with Crippen molar-refractivity contribution in [3.05, 3.63) is 54.1 Å². The predicted octanol–water partition coefficient (Wildman–Crippen LogP) is 3.86. The zero-order chi connectivity index (χ0) is 20.7. The second kappa shape index (κ2) is 9.71. The first-order chi connectivity index (χ1) is 13.3. The first kappa shape index (κ1) is 21.9. The molecular weight excluding hydrogens is 374 g/mol. The second-order valence-electron chi connectivity index (χ2n) is 6.63. The summed E-state index contributed by atoms with van der Waals surface area (Å²) in [6.45, 7) is 9.73. The summed E-state index contributed by atoms with van der Waals surface area (Å²) < 4.78 is 27.2.